The monoisotopic (exact) mass is 413 g/mol. The Morgan fingerprint density at radius 1 is 1.21 bits per heavy atom. The van der Waals surface area contributed by atoms with Crippen molar-refractivity contribution in [1.29, 1.82) is 0 Å². The number of methoxy groups -OCH3 is 2. The summed E-state index contributed by atoms with van der Waals surface area (Å²) in [6.07, 6.45) is 3.49. The van der Waals surface area contributed by atoms with Gasteiger partial charge in [0.25, 0.3) is 0 Å². The molecule has 0 radical (unpaired) electrons. The Labute approximate surface area is 172 Å². The molecule has 158 valence electrons. The quantitative estimate of drug-likeness (QED) is 0.395. The van der Waals surface area contributed by atoms with Gasteiger partial charge in [-0.05, 0) is 49.4 Å². The summed E-state index contributed by atoms with van der Waals surface area (Å²) in [7, 11) is 3.30. The highest BCUT2D eigenvalue weighted by molar-refractivity contribution is 7.94. The van der Waals surface area contributed by atoms with E-state index in [0.717, 1.165) is 56.8 Å². The molecule has 0 saturated carbocycles. The first kappa shape index (κ1) is 22.8. The number of rotatable bonds is 11. The van der Waals surface area contributed by atoms with Crippen molar-refractivity contribution in [2.75, 3.05) is 33.1 Å². The second-order valence-electron chi connectivity index (χ2n) is 7.34. The molecule has 7 heteroatoms. The van der Waals surface area contributed by atoms with Gasteiger partial charge in [0.1, 0.15) is 6.10 Å². The molecular formula is C21H32FNO4S. The van der Waals surface area contributed by atoms with Gasteiger partial charge in [0.05, 0.1) is 14.2 Å². The molecule has 0 bridgehead atoms. The summed E-state index contributed by atoms with van der Waals surface area (Å²) in [6, 6.07) is 4.13. The van der Waals surface area contributed by atoms with Crippen molar-refractivity contribution in [2.24, 2.45) is 5.92 Å². The highest BCUT2D eigenvalue weighted by Gasteiger charge is 2.26. The minimum Gasteiger partial charge on any atom is -0.493 e. The highest BCUT2D eigenvalue weighted by atomic mass is 32.2. The normalized spacial score (nSPS) is 16.2. The number of benzene rings is 1. The molecule has 5 nitrogen and oxygen atoms in total. The third-order valence-corrected chi connectivity index (χ3v) is 5.79. The van der Waals surface area contributed by atoms with Crippen LogP contribution in [0.25, 0.3) is 0 Å². The van der Waals surface area contributed by atoms with Crippen LogP contribution in [-0.4, -0.2) is 50.0 Å². The van der Waals surface area contributed by atoms with E-state index < -0.39 is 0 Å². The Hall–Kier alpha value is -1.47. The summed E-state index contributed by atoms with van der Waals surface area (Å²) < 4.78 is 28.6. The molecule has 0 aromatic heterocycles. The maximum atomic E-state index is 12.3. The second-order valence-corrected chi connectivity index (χ2v) is 7.97. The molecule has 0 N–H and O–H groups in total. The molecule has 1 aromatic rings. The maximum absolute atomic E-state index is 12.3. The molecule has 28 heavy (non-hydrogen) atoms. The SMILES string of the molecule is COc1cc2c(cc1OC)CN(CC(CCCCSF)[C@@H](C)OC(C)=O)CC2. The zero-order valence-electron chi connectivity index (χ0n) is 17.3. The average Bonchev–Trinajstić information content (AvgIpc) is 2.68. The van der Waals surface area contributed by atoms with Gasteiger partial charge in [-0.2, -0.15) is 3.89 Å². The van der Waals surface area contributed by atoms with Crippen molar-refractivity contribution in [3.63, 3.8) is 0 Å². The lowest BCUT2D eigenvalue weighted by Gasteiger charge is -2.34. The predicted molar refractivity (Wildman–Crippen MR) is 111 cm³/mol. The summed E-state index contributed by atoms with van der Waals surface area (Å²) in [5, 5.41) is 0. The second kappa shape index (κ2) is 11.5. The van der Waals surface area contributed by atoms with Gasteiger partial charge in [0.2, 0.25) is 0 Å². The average molecular weight is 414 g/mol. The van der Waals surface area contributed by atoms with E-state index in [0.29, 0.717) is 17.9 Å². The van der Waals surface area contributed by atoms with Gasteiger partial charge in [0.15, 0.2) is 11.5 Å². The summed E-state index contributed by atoms with van der Waals surface area (Å²) in [4.78, 5) is 13.8. The molecule has 0 spiro atoms. The molecule has 0 amide bonds. The Kier molecular flexibility index (Phi) is 9.38. The number of halogens is 1. The van der Waals surface area contributed by atoms with Crippen LogP contribution < -0.4 is 9.47 Å². The van der Waals surface area contributed by atoms with Crippen molar-refractivity contribution in [3.8, 4) is 11.5 Å². The van der Waals surface area contributed by atoms with Crippen LogP contribution in [0.2, 0.25) is 0 Å². The summed E-state index contributed by atoms with van der Waals surface area (Å²) in [5.41, 5.74) is 2.54. The molecule has 2 atom stereocenters. The number of unbranched alkanes of at least 4 members (excludes halogenated alkanes) is 1. The molecular weight excluding hydrogens is 381 g/mol. The lowest BCUT2D eigenvalue weighted by molar-refractivity contribution is -0.148. The van der Waals surface area contributed by atoms with E-state index in [4.69, 9.17) is 14.2 Å². The minimum absolute atomic E-state index is 0.151. The van der Waals surface area contributed by atoms with Crippen LogP contribution in [0.5, 0.6) is 11.5 Å². The fraction of sp³-hybridized carbons (Fsp3) is 0.667. The van der Waals surface area contributed by atoms with Gasteiger partial charge in [-0.15, -0.1) is 0 Å². The Bertz CT molecular complexity index is 643. The van der Waals surface area contributed by atoms with Gasteiger partial charge in [-0.3, -0.25) is 9.69 Å². The van der Waals surface area contributed by atoms with Crippen molar-refractivity contribution in [2.45, 2.75) is 52.2 Å². The van der Waals surface area contributed by atoms with E-state index in [9.17, 15) is 8.68 Å². The smallest absolute Gasteiger partial charge is 0.302 e. The summed E-state index contributed by atoms with van der Waals surface area (Å²) >= 11 is 0.389. The van der Waals surface area contributed by atoms with Crippen LogP contribution in [0.1, 0.15) is 44.2 Å². The molecule has 1 aromatic carbocycles. The van der Waals surface area contributed by atoms with E-state index in [-0.39, 0.29) is 18.0 Å². The molecule has 2 rings (SSSR count). The van der Waals surface area contributed by atoms with Gasteiger partial charge in [0, 0.05) is 50.4 Å². The van der Waals surface area contributed by atoms with E-state index in [1.54, 1.807) is 14.2 Å². The van der Waals surface area contributed by atoms with Crippen LogP contribution in [-0.2, 0) is 22.5 Å². The number of fused-ring (bicyclic) bond motifs is 1. The van der Waals surface area contributed by atoms with Gasteiger partial charge in [-0.25, -0.2) is 0 Å². The zero-order chi connectivity index (χ0) is 20.5. The molecule has 0 fully saturated rings. The van der Waals surface area contributed by atoms with Crippen LogP contribution in [0.4, 0.5) is 3.89 Å². The van der Waals surface area contributed by atoms with E-state index in [1.807, 2.05) is 6.92 Å². The number of hydrogen-bond acceptors (Lipinski definition) is 6. The van der Waals surface area contributed by atoms with Crippen LogP contribution in [0.15, 0.2) is 12.1 Å². The van der Waals surface area contributed by atoms with Crippen LogP contribution in [0.3, 0.4) is 0 Å². The number of nitrogens with zero attached hydrogens (tertiary/aromatic N) is 1. The molecule has 0 aliphatic carbocycles. The minimum atomic E-state index is -0.252. The Morgan fingerprint density at radius 3 is 2.50 bits per heavy atom. The van der Waals surface area contributed by atoms with Crippen molar-refractivity contribution in [3.05, 3.63) is 23.3 Å². The van der Waals surface area contributed by atoms with Crippen LogP contribution in [0, 0.1) is 5.92 Å². The third kappa shape index (κ3) is 6.55. The largest absolute Gasteiger partial charge is 0.493 e. The molecule has 0 saturated heterocycles. The summed E-state index contributed by atoms with van der Waals surface area (Å²) in [6.45, 7) is 6.04. The first-order valence-corrected chi connectivity index (χ1v) is 10.7. The maximum Gasteiger partial charge on any atom is 0.302 e. The van der Waals surface area contributed by atoms with E-state index >= 15 is 0 Å². The summed E-state index contributed by atoms with van der Waals surface area (Å²) in [5.74, 6) is 2.01. The first-order chi connectivity index (χ1) is 13.5. The fourth-order valence-corrected chi connectivity index (χ4v) is 4.14. The number of ether oxygens (including phenoxy) is 3. The van der Waals surface area contributed by atoms with E-state index in [2.05, 4.69) is 17.0 Å². The zero-order valence-corrected chi connectivity index (χ0v) is 18.1. The predicted octanol–water partition coefficient (Wildman–Crippen LogP) is 4.42. The molecule has 1 heterocycles. The Morgan fingerprint density at radius 2 is 1.89 bits per heavy atom. The van der Waals surface area contributed by atoms with Crippen molar-refractivity contribution < 1.29 is 22.9 Å². The molecule has 1 aliphatic rings. The van der Waals surface area contributed by atoms with Crippen molar-refractivity contribution in [1.82, 2.24) is 4.90 Å². The Balaban J connectivity index is 2.04. The van der Waals surface area contributed by atoms with Crippen LogP contribution >= 0.6 is 12.1 Å². The molecule has 1 unspecified atom stereocenters. The third-order valence-electron chi connectivity index (χ3n) is 5.35. The number of esters is 1. The number of carbonyl (C=O) groups excluding carboxylic acids is 1. The molecule has 1 aliphatic heterocycles. The standard InChI is InChI=1S/C21H32FNO4S/c1-15(27-16(2)24)18(7-5-6-10-28-22)13-23-9-8-17-11-20(25-3)21(26-4)12-19(17)14-23/h11-12,15,18H,5-10,13-14H2,1-4H3/t15-,18?/m1/s1. The number of hydrogen-bond donors (Lipinski definition) is 0. The lowest BCUT2D eigenvalue weighted by atomic mass is 9.93. The number of carbonyl (C=O) groups is 1. The highest BCUT2D eigenvalue weighted by Crippen LogP contribution is 2.33. The fourth-order valence-electron chi connectivity index (χ4n) is 3.82. The topological polar surface area (TPSA) is 48.0 Å². The van der Waals surface area contributed by atoms with E-state index in [1.165, 1.54) is 18.1 Å². The van der Waals surface area contributed by atoms with Crippen molar-refractivity contribution >= 4 is 18.1 Å². The van der Waals surface area contributed by atoms with Gasteiger partial charge < -0.3 is 14.2 Å². The van der Waals surface area contributed by atoms with Gasteiger partial charge in [-0.1, -0.05) is 6.42 Å². The first-order valence-electron chi connectivity index (χ1n) is 9.85. The van der Waals surface area contributed by atoms with Gasteiger partial charge >= 0.3 is 5.97 Å². The lowest BCUT2D eigenvalue weighted by Crippen LogP contribution is -2.38.